The van der Waals surface area contributed by atoms with Crippen LogP contribution in [0.5, 0.6) is 0 Å². The van der Waals surface area contributed by atoms with E-state index < -0.39 is 0 Å². The van der Waals surface area contributed by atoms with Crippen LogP contribution in [0.3, 0.4) is 0 Å². The summed E-state index contributed by atoms with van der Waals surface area (Å²) in [4.78, 5) is 20.9. The van der Waals surface area contributed by atoms with E-state index in [1.165, 1.54) is 12.1 Å². The molecular formula is C25H17ClFN5O. The zero-order valence-electron chi connectivity index (χ0n) is 17.3. The van der Waals surface area contributed by atoms with Gasteiger partial charge in [-0.15, -0.1) is 0 Å². The highest BCUT2D eigenvalue weighted by Crippen LogP contribution is 2.26. The number of H-pyrrole nitrogens is 1. The van der Waals surface area contributed by atoms with E-state index in [2.05, 4.69) is 15.1 Å². The Kier molecular flexibility index (Phi) is 4.52. The van der Waals surface area contributed by atoms with E-state index in [0.717, 1.165) is 27.6 Å². The van der Waals surface area contributed by atoms with Gasteiger partial charge in [0.15, 0.2) is 5.65 Å². The smallest absolute Gasteiger partial charge is 0.261 e. The molecule has 4 heterocycles. The topological polar surface area (TPSA) is 68.0 Å². The van der Waals surface area contributed by atoms with Crippen molar-refractivity contribution in [3.05, 3.63) is 100 Å². The van der Waals surface area contributed by atoms with Crippen LogP contribution in [0.4, 0.5) is 4.39 Å². The maximum atomic E-state index is 13.7. The number of pyridine rings is 1. The number of nitrogens with zero attached hydrogens (tertiary/aromatic N) is 4. The van der Waals surface area contributed by atoms with Crippen molar-refractivity contribution in [3.63, 3.8) is 0 Å². The van der Waals surface area contributed by atoms with Gasteiger partial charge in [0.1, 0.15) is 5.82 Å². The molecule has 0 atom stereocenters. The Morgan fingerprint density at radius 1 is 1.03 bits per heavy atom. The first-order valence-corrected chi connectivity index (χ1v) is 10.8. The molecule has 6 aromatic rings. The normalized spacial score (nSPS) is 11.7. The molecule has 2 aromatic carbocycles. The second-order valence-electron chi connectivity index (χ2n) is 7.93. The molecule has 0 unspecified atom stereocenters. The lowest BCUT2D eigenvalue weighted by atomic mass is 10.1. The summed E-state index contributed by atoms with van der Waals surface area (Å²) in [5.41, 5.74) is 4.87. The Hall–Kier alpha value is -3.97. The molecule has 0 aliphatic heterocycles. The molecule has 4 aromatic heterocycles. The minimum absolute atomic E-state index is 0.142. The van der Waals surface area contributed by atoms with Gasteiger partial charge in [0.25, 0.3) is 5.56 Å². The Balaban J connectivity index is 1.37. The molecule has 162 valence electrons. The second kappa shape index (κ2) is 7.56. The third-order valence-electron chi connectivity index (χ3n) is 5.97. The largest absolute Gasteiger partial charge is 0.361 e. The van der Waals surface area contributed by atoms with Gasteiger partial charge in [0.2, 0.25) is 0 Å². The van der Waals surface area contributed by atoms with E-state index in [1.54, 1.807) is 33.7 Å². The first-order valence-electron chi connectivity index (χ1n) is 10.5. The Labute approximate surface area is 191 Å². The van der Waals surface area contributed by atoms with Gasteiger partial charge >= 0.3 is 0 Å². The summed E-state index contributed by atoms with van der Waals surface area (Å²) in [6.45, 7) is 0.464. The van der Waals surface area contributed by atoms with Crippen molar-refractivity contribution in [3.8, 4) is 11.1 Å². The molecule has 8 heteroatoms. The summed E-state index contributed by atoms with van der Waals surface area (Å²) in [6, 6.07) is 14.0. The number of benzene rings is 2. The van der Waals surface area contributed by atoms with Crippen molar-refractivity contribution in [2.45, 2.75) is 13.0 Å². The average molecular weight is 458 g/mol. The summed E-state index contributed by atoms with van der Waals surface area (Å²) in [6.07, 6.45) is 7.57. The molecule has 0 saturated heterocycles. The van der Waals surface area contributed by atoms with Crippen LogP contribution in [0, 0.1) is 5.82 Å². The van der Waals surface area contributed by atoms with Gasteiger partial charge in [-0.1, -0.05) is 23.7 Å². The quantitative estimate of drug-likeness (QED) is 0.394. The lowest BCUT2D eigenvalue weighted by Crippen LogP contribution is -2.21. The maximum Gasteiger partial charge on any atom is 0.261 e. The summed E-state index contributed by atoms with van der Waals surface area (Å²) >= 11 is 6.00. The SMILES string of the molecule is O=c1c2cnc3c(-c4ccc(Cl)cc4)cnn3c2ccn1CCc1c[nH]c2ccc(F)cc12. The summed E-state index contributed by atoms with van der Waals surface area (Å²) < 4.78 is 17.0. The zero-order valence-corrected chi connectivity index (χ0v) is 18.1. The number of hydrogen-bond donors (Lipinski definition) is 1. The van der Waals surface area contributed by atoms with E-state index in [4.69, 9.17) is 11.6 Å². The van der Waals surface area contributed by atoms with Crippen molar-refractivity contribution in [2.75, 3.05) is 0 Å². The molecule has 1 N–H and O–H groups in total. The fraction of sp³-hybridized carbons (Fsp3) is 0.0800. The van der Waals surface area contributed by atoms with Gasteiger partial charge < -0.3 is 9.55 Å². The molecule has 6 nitrogen and oxygen atoms in total. The van der Waals surface area contributed by atoms with E-state index in [-0.39, 0.29) is 11.4 Å². The fourth-order valence-corrected chi connectivity index (χ4v) is 4.39. The van der Waals surface area contributed by atoms with E-state index in [0.29, 0.717) is 34.5 Å². The lowest BCUT2D eigenvalue weighted by Gasteiger charge is -2.08. The Morgan fingerprint density at radius 2 is 1.88 bits per heavy atom. The van der Waals surface area contributed by atoms with Crippen molar-refractivity contribution < 1.29 is 4.39 Å². The molecule has 0 saturated carbocycles. The highest BCUT2D eigenvalue weighted by molar-refractivity contribution is 6.30. The van der Waals surface area contributed by atoms with Crippen LogP contribution in [0.15, 0.2) is 78.1 Å². The van der Waals surface area contributed by atoms with Gasteiger partial charge in [-0.2, -0.15) is 5.10 Å². The van der Waals surface area contributed by atoms with E-state index >= 15 is 0 Å². The zero-order chi connectivity index (χ0) is 22.5. The molecule has 0 fully saturated rings. The predicted molar refractivity (Wildman–Crippen MR) is 127 cm³/mol. The van der Waals surface area contributed by atoms with Crippen LogP contribution in [-0.4, -0.2) is 24.1 Å². The molecule has 0 radical (unpaired) electrons. The minimum Gasteiger partial charge on any atom is -0.361 e. The molecule has 0 aliphatic carbocycles. The predicted octanol–water partition coefficient (Wildman–Crippen LogP) is 5.23. The van der Waals surface area contributed by atoms with E-state index in [9.17, 15) is 9.18 Å². The molecule has 0 spiro atoms. The standard InChI is InChI=1S/C25H17ClFN5O/c26-17-3-1-15(2-4-17)20-14-30-32-23-8-10-31(25(33)21(23)13-29-24(20)32)9-7-16-12-28-22-6-5-18(27)11-19(16)22/h1-6,8,10-14,28H,7,9H2. The van der Waals surface area contributed by atoms with Crippen molar-refractivity contribution >= 4 is 39.1 Å². The number of aromatic amines is 1. The van der Waals surface area contributed by atoms with Gasteiger partial charge in [0.05, 0.1) is 17.1 Å². The average Bonchev–Trinajstić information content (AvgIpc) is 3.43. The molecule has 6 rings (SSSR count). The molecule has 0 bridgehead atoms. The molecule has 0 aliphatic rings. The highest BCUT2D eigenvalue weighted by atomic mass is 35.5. The maximum absolute atomic E-state index is 13.7. The van der Waals surface area contributed by atoms with Crippen LogP contribution < -0.4 is 5.56 Å². The number of halogens is 2. The van der Waals surface area contributed by atoms with E-state index in [1.807, 2.05) is 36.5 Å². The van der Waals surface area contributed by atoms with Crippen LogP contribution in [0.1, 0.15) is 5.56 Å². The second-order valence-corrected chi connectivity index (χ2v) is 8.36. The van der Waals surface area contributed by atoms with Crippen molar-refractivity contribution in [1.82, 2.24) is 24.1 Å². The fourth-order valence-electron chi connectivity index (χ4n) is 4.26. The number of hydrogen-bond acceptors (Lipinski definition) is 3. The minimum atomic E-state index is -0.279. The lowest BCUT2D eigenvalue weighted by molar-refractivity contribution is 0.629. The summed E-state index contributed by atoms with van der Waals surface area (Å²) in [5.74, 6) is -0.279. The van der Waals surface area contributed by atoms with Gasteiger partial charge in [0, 0.05) is 46.6 Å². The highest BCUT2D eigenvalue weighted by Gasteiger charge is 2.13. The first kappa shape index (κ1) is 19.7. The van der Waals surface area contributed by atoms with Crippen LogP contribution in [-0.2, 0) is 13.0 Å². The van der Waals surface area contributed by atoms with Crippen molar-refractivity contribution in [2.24, 2.45) is 0 Å². The van der Waals surface area contributed by atoms with Crippen LogP contribution >= 0.6 is 11.6 Å². The number of rotatable bonds is 4. The molecule has 33 heavy (non-hydrogen) atoms. The third-order valence-corrected chi connectivity index (χ3v) is 6.23. The van der Waals surface area contributed by atoms with Gasteiger partial charge in [-0.05, 0) is 53.9 Å². The molecular weight excluding hydrogens is 441 g/mol. The third kappa shape index (κ3) is 3.29. The Morgan fingerprint density at radius 3 is 2.73 bits per heavy atom. The number of fused-ring (bicyclic) bond motifs is 4. The monoisotopic (exact) mass is 457 g/mol. The van der Waals surface area contributed by atoms with Crippen molar-refractivity contribution in [1.29, 1.82) is 0 Å². The molecule has 0 amide bonds. The number of aromatic nitrogens is 5. The van der Waals surface area contributed by atoms with Crippen LogP contribution in [0.2, 0.25) is 5.02 Å². The summed E-state index contributed by atoms with van der Waals surface area (Å²) in [5, 5.41) is 6.46. The number of nitrogens with one attached hydrogen (secondary N) is 1. The Bertz CT molecular complexity index is 1720. The van der Waals surface area contributed by atoms with Crippen LogP contribution in [0.25, 0.3) is 38.6 Å². The summed E-state index contributed by atoms with van der Waals surface area (Å²) in [7, 11) is 0. The van der Waals surface area contributed by atoms with Gasteiger partial charge in [-0.3, -0.25) is 4.79 Å². The van der Waals surface area contributed by atoms with Gasteiger partial charge in [-0.25, -0.2) is 13.9 Å². The number of aryl methyl sites for hydroxylation is 2. The first-order chi connectivity index (χ1) is 16.1.